The van der Waals surface area contributed by atoms with E-state index in [0.29, 0.717) is 0 Å². The van der Waals surface area contributed by atoms with Crippen LogP contribution in [0, 0.1) is 0 Å². The van der Waals surface area contributed by atoms with Crippen LogP contribution in [0.15, 0.2) is 91.0 Å². The number of β-amino-alcohol motifs (C(OH)–C–C–N with tert-alkyl or cyclic N) is 1. The molecule has 0 aliphatic carbocycles. The summed E-state index contributed by atoms with van der Waals surface area (Å²) in [6.45, 7) is 4.35. The normalized spacial score (nSPS) is 20.1. The van der Waals surface area contributed by atoms with Gasteiger partial charge in [0.25, 0.3) is 0 Å². The molecule has 0 aromatic heterocycles. The molecule has 3 aromatic rings. The van der Waals surface area contributed by atoms with Crippen molar-refractivity contribution in [2.24, 2.45) is 0 Å². The topological polar surface area (TPSA) is 26.7 Å². The van der Waals surface area contributed by atoms with Gasteiger partial charge in [-0.25, -0.2) is 0 Å². The van der Waals surface area contributed by atoms with Gasteiger partial charge in [0, 0.05) is 38.8 Å². The van der Waals surface area contributed by atoms with E-state index in [-0.39, 0.29) is 12.1 Å². The Balaban J connectivity index is 1.45. The minimum atomic E-state index is -0.347. The second kappa shape index (κ2) is 9.84. The summed E-state index contributed by atoms with van der Waals surface area (Å²) in [5, 5.41) is 11.1. The molecule has 1 aliphatic rings. The van der Waals surface area contributed by atoms with Crippen molar-refractivity contribution in [1.29, 1.82) is 0 Å². The lowest BCUT2D eigenvalue weighted by Crippen LogP contribution is -2.53. The lowest BCUT2D eigenvalue weighted by Gasteiger charge is -2.42. The molecule has 150 valence electrons. The molecule has 0 bridgehead atoms. The molecule has 4 rings (SSSR count). The maximum Gasteiger partial charge on any atom is 0.0822 e. The molecule has 3 aromatic carbocycles. The van der Waals surface area contributed by atoms with Crippen molar-refractivity contribution in [2.45, 2.75) is 38.2 Å². The Kier molecular flexibility index (Phi) is 6.73. The molecule has 1 fully saturated rings. The van der Waals surface area contributed by atoms with Crippen molar-refractivity contribution in [1.82, 2.24) is 9.80 Å². The van der Waals surface area contributed by atoms with Crippen LogP contribution in [0.25, 0.3) is 0 Å². The van der Waals surface area contributed by atoms with Crippen molar-refractivity contribution >= 4 is 0 Å². The van der Waals surface area contributed by atoms with Gasteiger partial charge in [0.2, 0.25) is 0 Å². The number of hydrogen-bond donors (Lipinski definition) is 1. The summed E-state index contributed by atoms with van der Waals surface area (Å²) in [6.07, 6.45) is 0.633. The van der Waals surface area contributed by atoms with Gasteiger partial charge in [0.05, 0.1) is 6.10 Å². The van der Waals surface area contributed by atoms with Crippen LogP contribution in [0.3, 0.4) is 0 Å². The van der Waals surface area contributed by atoms with Gasteiger partial charge in [-0.3, -0.25) is 9.80 Å². The molecular formula is C26H30N2O. The van der Waals surface area contributed by atoms with Crippen LogP contribution in [-0.2, 0) is 19.6 Å². The predicted molar refractivity (Wildman–Crippen MR) is 118 cm³/mol. The first kappa shape index (κ1) is 19.8. The highest BCUT2D eigenvalue weighted by molar-refractivity contribution is 5.18. The Morgan fingerprint density at radius 3 is 1.69 bits per heavy atom. The minimum absolute atomic E-state index is 0.169. The van der Waals surface area contributed by atoms with E-state index in [1.54, 1.807) is 0 Å². The molecule has 29 heavy (non-hydrogen) atoms. The van der Waals surface area contributed by atoms with Crippen LogP contribution < -0.4 is 0 Å². The van der Waals surface area contributed by atoms with Gasteiger partial charge < -0.3 is 5.11 Å². The van der Waals surface area contributed by atoms with E-state index < -0.39 is 0 Å². The van der Waals surface area contributed by atoms with Crippen LogP contribution >= 0.6 is 0 Å². The molecule has 0 radical (unpaired) electrons. The average Bonchev–Trinajstić information content (AvgIpc) is 2.76. The zero-order chi connectivity index (χ0) is 19.9. The first-order valence-electron chi connectivity index (χ1n) is 10.5. The Morgan fingerprint density at radius 2 is 1.21 bits per heavy atom. The van der Waals surface area contributed by atoms with Crippen molar-refractivity contribution < 1.29 is 5.11 Å². The van der Waals surface area contributed by atoms with Crippen LogP contribution in [0.4, 0.5) is 0 Å². The van der Waals surface area contributed by atoms with E-state index >= 15 is 0 Å². The molecule has 3 heteroatoms. The fraction of sp³-hybridized carbons (Fsp3) is 0.308. The van der Waals surface area contributed by atoms with E-state index in [1.165, 1.54) is 16.7 Å². The quantitative estimate of drug-likeness (QED) is 0.655. The Labute approximate surface area is 174 Å². The summed E-state index contributed by atoms with van der Waals surface area (Å²) >= 11 is 0. The second-order valence-electron chi connectivity index (χ2n) is 8.02. The van der Waals surface area contributed by atoms with E-state index in [2.05, 4.69) is 101 Å². The summed E-state index contributed by atoms with van der Waals surface area (Å²) in [4.78, 5) is 4.83. The molecule has 1 N–H and O–H groups in total. The number of piperidine rings is 1. The Bertz CT molecular complexity index is 812. The largest absolute Gasteiger partial charge is 0.390 e. The smallest absolute Gasteiger partial charge is 0.0822 e. The van der Waals surface area contributed by atoms with Gasteiger partial charge in [-0.15, -0.1) is 0 Å². The average molecular weight is 387 g/mol. The molecule has 1 saturated heterocycles. The van der Waals surface area contributed by atoms with Crippen LogP contribution in [0.1, 0.15) is 23.1 Å². The third-order valence-electron chi connectivity index (χ3n) is 5.81. The first-order valence-corrected chi connectivity index (χ1v) is 10.5. The number of rotatable bonds is 7. The van der Waals surface area contributed by atoms with E-state index in [1.807, 2.05) is 0 Å². The van der Waals surface area contributed by atoms with Gasteiger partial charge in [0.1, 0.15) is 0 Å². The van der Waals surface area contributed by atoms with E-state index in [0.717, 1.165) is 39.1 Å². The Hall–Kier alpha value is -2.46. The predicted octanol–water partition coefficient (Wildman–Crippen LogP) is 4.32. The molecule has 0 saturated carbocycles. The van der Waals surface area contributed by atoms with Crippen LogP contribution in [0.5, 0.6) is 0 Å². The number of likely N-dealkylation sites (tertiary alicyclic amines) is 1. The van der Waals surface area contributed by atoms with Gasteiger partial charge in [-0.1, -0.05) is 91.0 Å². The molecule has 0 unspecified atom stereocenters. The summed E-state index contributed by atoms with van der Waals surface area (Å²) in [6, 6.07) is 31.9. The van der Waals surface area contributed by atoms with Gasteiger partial charge >= 0.3 is 0 Å². The molecule has 3 nitrogen and oxygen atoms in total. The zero-order valence-electron chi connectivity index (χ0n) is 16.9. The SMILES string of the molecule is O[C@H]1CN(Cc2ccccc2)CC[C@@H]1N(Cc1ccccc1)Cc1ccccc1. The summed E-state index contributed by atoms with van der Waals surface area (Å²) < 4.78 is 0. The van der Waals surface area contributed by atoms with Gasteiger partial charge in [-0.05, 0) is 23.1 Å². The zero-order valence-corrected chi connectivity index (χ0v) is 16.9. The highest BCUT2D eigenvalue weighted by atomic mass is 16.3. The maximum absolute atomic E-state index is 11.1. The van der Waals surface area contributed by atoms with Crippen molar-refractivity contribution in [3.8, 4) is 0 Å². The molecular weight excluding hydrogens is 356 g/mol. The monoisotopic (exact) mass is 386 g/mol. The molecule has 1 heterocycles. The highest BCUT2D eigenvalue weighted by Gasteiger charge is 2.32. The standard InChI is InChI=1S/C26H30N2O/c29-26-21-27(18-22-10-4-1-5-11-22)17-16-25(26)28(19-23-12-6-2-7-13-23)20-24-14-8-3-9-15-24/h1-15,25-26,29H,16-21H2/t25-,26-/m0/s1. The van der Waals surface area contributed by atoms with E-state index in [4.69, 9.17) is 0 Å². The fourth-order valence-corrected chi connectivity index (χ4v) is 4.32. The van der Waals surface area contributed by atoms with Gasteiger partial charge in [-0.2, -0.15) is 0 Å². The van der Waals surface area contributed by atoms with E-state index in [9.17, 15) is 5.11 Å². The van der Waals surface area contributed by atoms with Crippen molar-refractivity contribution in [2.75, 3.05) is 13.1 Å². The lowest BCUT2D eigenvalue weighted by atomic mass is 9.98. The summed E-state index contributed by atoms with van der Waals surface area (Å²) in [5.41, 5.74) is 3.90. The molecule has 1 aliphatic heterocycles. The maximum atomic E-state index is 11.1. The lowest BCUT2D eigenvalue weighted by molar-refractivity contribution is -0.0219. The van der Waals surface area contributed by atoms with Crippen LogP contribution in [0.2, 0.25) is 0 Å². The Morgan fingerprint density at radius 1 is 0.724 bits per heavy atom. The molecule has 0 amide bonds. The van der Waals surface area contributed by atoms with Gasteiger partial charge in [0.15, 0.2) is 0 Å². The molecule has 2 atom stereocenters. The minimum Gasteiger partial charge on any atom is -0.390 e. The number of hydrogen-bond acceptors (Lipinski definition) is 3. The highest BCUT2D eigenvalue weighted by Crippen LogP contribution is 2.23. The van der Waals surface area contributed by atoms with Crippen LogP contribution in [-0.4, -0.2) is 40.1 Å². The van der Waals surface area contributed by atoms with Crippen molar-refractivity contribution in [3.05, 3.63) is 108 Å². The third-order valence-corrected chi connectivity index (χ3v) is 5.81. The molecule has 0 spiro atoms. The third kappa shape index (κ3) is 5.54. The first-order chi connectivity index (χ1) is 14.3. The fourth-order valence-electron chi connectivity index (χ4n) is 4.32. The number of aliphatic hydroxyl groups is 1. The number of aliphatic hydroxyl groups excluding tert-OH is 1. The van der Waals surface area contributed by atoms with Crippen molar-refractivity contribution in [3.63, 3.8) is 0 Å². The number of benzene rings is 3. The summed E-state index contributed by atoms with van der Waals surface area (Å²) in [5.74, 6) is 0. The second-order valence-corrected chi connectivity index (χ2v) is 8.02. The summed E-state index contributed by atoms with van der Waals surface area (Å²) in [7, 11) is 0. The number of nitrogens with zero attached hydrogens (tertiary/aromatic N) is 2.